The maximum absolute atomic E-state index is 11.2. The van der Waals surface area contributed by atoms with Crippen molar-refractivity contribution in [1.29, 1.82) is 0 Å². The third kappa shape index (κ3) is 4.52. The van der Waals surface area contributed by atoms with E-state index < -0.39 is 6.04 Å². The molecule has 0 aliphatic heterocycles. The van der Waals surface area contributed by atoms with Gasteiger partial charge in [-0.05, 0) is 24.6 Å². The van der Waals surface area contributed by atoms with Gasteiger partial charge in [-0.3, -0.25) is 4.79 Å². The minimum absolute atomic E-state index is 0.0167. The summed E-state index contributed by atoms with van der Waals surface area (Å²) in [7, 11) is 0. The van der Waals surface area contributed by atoms with Crippen LogP contribution in [-0.2, 0) is 11.3 Å². The van der Waals surface area contributed by atoms with Crippen molar-refractivity contribution < 1.29 is 4.79 Å². The standard InChI is InChI=1S/C11H17N5O/c1-7(12)10(17)15-6-8-2-4-9(5-3-8)16-11(13)14/h2-5,7H,6,12H2,1H3,(H,15,17)(H4,13,14,16)/t7-/m0/s1. The molecule has 0 saturated heterocycles. The van der Waals surface area contributed by atoms with Crippen molar-refractivity contribution in [3.05, 3.63) is 29.8 Å². The van der Waals surface area contributed by atoms with Crippen LogP contribution in [0.3, 0.4) is 0 Å². The zero-order valence-corrected chi connectivity index (χ0v) is 9.68. The Bertz CT molecular complexity index is 406. The van der Waals surface area contributed by atoms with E-state index in [0.29, 0.717) is 12.2 Å². The summed E-state index contributed by atoms with van der Waals surface area (Å²) in [4.78, 5) is 15.1. The van der Waals surface area contributed by atoms with Gasteiger partial charge in [0.2, 0.25) is 5.91 Å². The zero-order chi connectivity index (χ0) is 12.8. The second kappa shape index (κ2) is 5.86. The molecular weight excluding hydrogens is 218 g/mol. The first-order valence-electron chi connectivity index (χ1n) is 5.21. The molecule has 0 saturated carbocycles. The van der Waals surface area contributed by atoms with Crippen LogP contribution in [0.2, 0.25) is 0 Å². The number of rotatable bonds is 4. The molecule has 0 bridgehead atoms. The van der Waals surface area contributed by atoms with Crippen LogP contribution in [0, 0.1) is 0 Å². The van der Waals surface area contributed by atoms with Crippen LogP contribution in [0.4, 0.5) is 5.69 Å². The van der Waals surface area contributed by atoms with E-state index in [1.54, 1.807) is 19.1 Å². The second-order valence-corrected chi connectivity index (χ2v) is 3.71. The van der Waals surface area contributed by atoms with Crippen LogP contribution in [0.15, 0.2) is 29.3 Å². The Balaban J connectivity index is 2.57. The predicted molar refractivity (Wildman–Crippen MR) is 67.4 cm³/mol. The van der Waals surface area contributed by atoms with Crippen molar-refractivity contribution in [3.8, 4) is 0 Å². The lowest BCUT2D eigenvalue weighted by atomic mass is 10.2. The predicted octanol–water partition coefficient (Wildman–Crippen LogP) is -0.445. The van der Waals surface area contributed by atoms with E-state index in [4.69, 9.17) is 17.2 Å². The number of benzene rings is 1. The van der Waals surface area contributed by atoms with Crippen molar-refractivity contribution >= 4 is 17.6 Å². The Kier molecular flexibility index (Phi) is 4.47. The van der Waals surface area contributed by atoms with Crippen LogP contribution in [0.5, 0.6) is 0 Å². The Hall–Kier alpha value is -2.08. The number of nitrogens with two attached hydrogens (primary N) is 3. The number of carbonyl (C=O) groups excluding carboxylic acids is 1. The highest BCUT2D eigenvalue weighted by molar-refractivity contribution is 5.81. The number of guanidine groups is 1. The summed E-state index contributed by atoms with van der Waals surface area (Å²) in [6.45, 7) is 2.07. The molecule has 1 aromatic carbocycles. The smallest absolute Gasteiger partial charge is 0.236 e. The van der Waals surface area contributed by atoms with Gasteiger partial charge in [0.15, 0.2) is 5.96 Å². The second-order valence-electron chi connectivity index (χ2n) is 3.71. The normalized spacial score (nSPS) is 11.6. The van der Waals surface area contributed by atoms with Crippen LogP contribution >= 0.6 is 0 Å². The largest absolute Gasteiger partial charge is 0.370 e. The minimum atomic E-state index is -0.504. The highest BCUT2D eigenvalue weighted by Gasteiger charge is 2.05. The summed E-state index contributed by atoms with van der Waals surface area (Å²) in [5.74, 6) is -0.165. The third-order valence-corrected chi connectivity index (χ3v) is 2.07. The number of hydrogen-bond donors (Lipinski definition) is 4. The molecule has 0 fully saturated rings. The minimum Gasteiger partial charge on any atom is -0.370 e. The SMILES string of the molecule is C[C@H](N)C(=O)NCc1ccc(N=C(N)N)cc1. The van der Waals surface area contributed by atoms with Gasteiger partial charge in [-0.25, -0.2) is 4.99 Å². The molecule has 0 aliphatic carbocycles. The summed E-state index contributed by atoms with van der Waals surface area (Å²) < 4.78 is 0. The fourth-order valence-electron chi connectivity index (χ4n) is 1.19. The summed E-state index contributed by atoms with van der Waals surface area (Å²) >= 11 is 0. The van der Waals surface area contributed by atoms with Crippen molar-refractivity contribution in [2.75, 3.05) is 0 Å². The third-order valence-electron chi connectivity index (χ3n) is 2.07. The molecule has 17 heavy (non-hydrogen) atoms. The molecule has 1 atom stereocenters. The highest BCUT2D eigenvalue weighted by atomic mass is 16.2. The summed E-state index contributed by atoms with van der Waals surface area (Å²) in [5.41, 5.74) is 17.5. The molecule has 7 N–H and O–H groups in total. The molecule has 1 amide bonds. The zero-order valence-electron chi connectivity index (χ0n) is 9.68. The molecule has 1 rings (SSSR count). The molecule has 0 unspecified atom stereocenters. The Labute approximate surface area is 99.9 Å². The average molecular weight is 235 g/mol. The first-order chi connectivity index (χ1) is 7.99. The van der Waals surface area contributed by atoms with E-state index in [1.807, 2.05) is 12.1 Å². The van der Waals surface area contributed by atoms with Gasteiger partial charge in [-0.1, -0.05) is 12.1 Å². The van der Waals surface area contributed by atoms with Gasteiger partial charge in [0.05, 0.1) is 11.7 Å². The van der Waals surface area contributed by atoms with Gasteiger partial charge in [0.25, 0.3) is 0 Å². The van der Waals surface area contributed by atoms with Crippen LogP contribution < -0.4 is 22.5 Å². The van der Waals surface area contributed by atoms with Gasteiger partial charge in [-0.2, -0.15) is 0 Å². The first-order valence-corrected chi connectivity index (χ1v) is 5.21. The highest BCUT2D eigenvalue weighted by Crippen LogP contribution is 2.12. The lowest BCUT2D eigenvalue weighted by Crippen LogP contribution is -2.37. The van der Waals surface area contributed by atoms with E-state index in [2.05, 4.69) is 10.3 Å². The van der Waals surface area contributed by atoms with E-state index >= 15 is 0 Å². The number of nitrogens with one attached hydrogen (secondary N) is 1. The molecule has 0 radical (unpaired) electrons. The van der Waals surface area contributed by atoms with E-state index in [1.165, 1.54) is 0 Å². The lowest BCUT2D eigenvalue weighted by Gasteiger charge is -2.07. The van der Waals surface area contributed by atoms with Gasteiger partial charge in [0.1, 0.15) is 0 Å². The first kappa shape index (κ1) is 13.0. The van der Waals surface area contributed by atoms with Crippen molar-refractivity contribution in [2.24, 2.45) is 22.2 Å². The van der Waals surface area contributed by atoms with Crippen molar-refractivity contribution in [3.63, 3.8) is 0 Å². The van der Waals surface area contributed by atoms with Crippen LogP contribution in [-0.4, -0.2) is 17.9 Å². The fourth-order valence-corrected chi connectivity index (χ4v) is 1.19. The van der Waals surface area contributed by atoms with Crippen molar-refractivity contribution in [1.82, 2.24) is 5.32 Å². The summed E-state index contributed by atoms with van der Waals surface area (Å²) in [5, 5.41) is 2.71. The number of carbonyl (C=O) groups is 1. The molecule has 0 aromatic heterocycles. The van der Waals surface area contributed by atoms with E-state index in [9.17, 15) is 4.79 Å². The molecule has 0 heterocycles. The number of hydrogen-bond acceptors (Lipinski definition) is 3. The molecule has 6 heteroatoms. The Morgan fingerprint density at radius 3 is 2.41 bits per heavy atom. The van der Waals surface area contributed by atoms with Gasteiger partial charge >= 0.3 is 0 Å². The number of amides is 1. The monoisotopic (exact) mass is 235 g/mol. The lowest BCUT2D eigenvalue weighted by molar-refractivity contribution is -0.122. The van der Waals surface area contributed by atoms with E-state index in [-0.39, 0.29) is 11.9 Å². The average Bonchev–Trinajstić information content (AvgIpc) is 2.26. The molecule has 0 spiro atoms. The number of nitrogens with zero attached hydrogens (tertiary/aromatic N) is 1. The maximum atomic E-state index is 11.2. The van der Waals surface area contributed by atoms with Gasteiger partial charge in [-0.15, -0.1) is 0 Å². The van der Waals surface area contributed by atoms with Crippen molar-refractivity contribution in [2.45, 2.75) is 19.5 Å². The maximum Gasteiger partial charge on any atom is 0.236 e. The molecule has 1 aromatic rings. The quantitative estimate of drug-likeness (QED) is 0.417. The summed E-state index contributed by atoms with van der Waals surface area (Å²) in [6.07, 6.45) is 0. The number of aliphatic imine (C=N–C) groups is 1. The van der Waals surface area contributed by atoms with Gasteiger partial charge < -0.3 is 22.5 Å². The summed E-state index contributed by atoms with van der Waals surface area (Å²) in [6, 6.07) is 6.71. The fraction of sp³-hybridized carbons (Fsp3) is 0.273. The molecular formula is C11H17N5O. The van der Waals surface area contributed by atoms with Crippen LogP contribution in [0.1, 0.15) is 12.5 Å². The van der Waals surface area contributed by atoms with Gasteiger partial charge in [0, 0.05) is 6.54 Å². The molecule has 92 valence electrons. The van der Waals surface area contributed by atoms with Crippen LogP contribution in [0.25, 0.3) is 0 Å². The topological polar surface area (TPSA) is 120 Å². The Morgan fingerprint density at radius 2 is 1.94 bits per heavy atom. The Morgan fingerprint density at radius 1 is 1.35 bits per heavy atom. The molecule has 6 nitrogen and oxygen atoms in total. The molecule has 0 aliphatic rings. The van der Waals surface area contributed by atoms with E-state index in [0.717, 1.165) is 5.56 Å².